The first-order valence-corrected chi connectivity index (χ1v) is 10.7. The molecule has 0 spiro atoms. The summed E-state index contributed by atoms with van der Waals surface area (Å²) in [7, 11) is 1.18. The predicted molar refractivity (Wildman–Crippen MR) is 115 cm³/mol. The van der Waals surface area contributed by atoms with Gasteiger partial charge in [-0.15, -0.1) is 11.3 Å². The minimum absolute atomic E-state index is 0.0118. The Kier molecular flexibility index (Phi) is 5.82. The van der Waals surface area contributed by atoms with Crippen LogP contribution in [-0.2, 0) is 9.53 Å². The summed E-state index contributed by atoms with van der Waals surface area (Å²) in [6.45, 7) is 0.840. The molecule has 1 saturated carbocycles. The number of rotatable bonds is 6. The number of nitrogens with one attached hydrogen (secondary N) is 2. The summed E-state index contributed by atoms with van der Waals surface area (Å²) in [5.41, 5.74) is -0.577. The van der Waals surface area contributed by atoms with Crippen molar-refractivity contribution in [3.05, 3.63) is 39.8 Å². The second-order valence-corrected chi connectivity index (χ2v) is 8.41. The molecule has 1 fully saturated rings. The molecule has 1 unspecified atom stereocenters. The van der Waals surface area contributed by atoms with Gasteiger partial charge in [0.25, 0.3) is 5.56 Å². The number of aromatic nitrogens is 3. The second kappa shape index (κ2) is 8.46. The molecule has 3 aromatic heterocycles. The van der Waals surface area contributed by atoms with E-state index in [1.54, 1.807) is 0 Å². The van der Waals surface area contributed by atoms with E-state index < -0.39 is 23.7 Å². The van der Waals surface area contributed by atoms with E-state index in [9.17, 15) is 27.6 Å². The van der Waals surface area contributed by atoms with Crippen molar-refractivity contribution < 1.29 is 27.5 Å². The summed E-state index contributed by atoms with van der Waals surface area (Å²) in [6.07, 6.45) is -0.698. The van der Waals surface area contributed by atoms with Gasteiger partial charge in [-0.25, -0.2) is 14.5 Å². The van der Waals surface area contributed by atoms with Crippen molar-refractivity contribution >= 4 is 50.5 Å². The smallest absolute Gasteiger partial charge is 0.410 e. The lowest BCUT2D eigenvalue weighted by Crippen LogP contribution is -2.34. The number of thiophene rings is 1. The highest BCUT2D eigenvalue weighted by atomic mass is 32.1. The van der Waals surface area contributed by atoms with Crippen molar-refractivity contribution in [1.82, 2.24) is 14.8 Å². The summed E-state index contributed by atoms with van der Waals surface area (Å²) in [5.74, 6) is -0.831. The minimum Gasteiger partial charge on any atom is -0.465 e. The number of hydrogen-bond donors (Lipinski definition) is 2. The first-order chi connectivity index (χ1) is 15.6. The van der Waals surface area contributed by atoms with E-state index in [0.29, 0.717) is 9.38 Å². The molecule has 0 radical (unpaired) electrons. The third kappa shape index (κ3) is 4.53. The Morgan fingerprint density at radius 1 is 1.27 bits per heavy atom. The van der Waals surface area contributed by atoms with Crippen LogP contribution in [0.15, 0.2) is 28.6 Å². The van der Waals surface area contributed by atoms with Gasteiger partial charge in [-0.05, 0) is 19.8 Å². The van der Waals surface area contributed by atoms with Crippen molar-refractivity contribution in [2.75, 3.05) is 17.7 Å². The van der Waals surface area contributed by atoms with Gasteiger partial charge in [0.1, 0.15) is 17.4 Å². The first kappa shape index (κ1) is 22.7. The SMILES string of the molecule is COC(=O)c1cnc(NC(=O)C2CC2)cc1Nc1csc2cnn(C(C)C(F)(F)F)c(=O)c12. The Balaban J connectivity index is 1.75. The standard InChI is InChI=1S/C20H18F3N5O4S/c1-9(20(21,22)23)28-18(30)16-13(8-33-14(16)7-25-28)26-12-5-15(27-17(29)10-3-4-10)24-6-11(12)19(31)32-2/h5-10H,3-4H2,1-2H3,(H2,24,26,27,29). The van der Waals surface area contributed by atoms with Gasteiger partial charge in [-0.2, -0.15) is 18.3 Å². The Morgan fingerprint density at radius 3 is 2.64 bits per heavy atom. The number of alkyl halides is 3. The molecule has 3 heterocycles. The van der Waals surface area contributed by atoms with Gasteiger partial charge >= 0.3 is 12.1 Å². The van der Waals surface area contributed by atoms with E-state index in [-0.39, 0.29) is 40.0 Å². The van der Waals surface area contributed by atoms with Crippen LogP contribution in [0.3, 0.4) is 0 Å². The molecule has 1 atom stereocenters. The van der Waals surface area contributed by atoms with Crippen molar-refractivity contribution in [2.24, 2.45) is 5.92 Å². The fourth-order valence-electron chi connectivity index (χ4n) is 3.10. The highest BCUT2D eigenvalue weighted by molar-refractivity contribution is 7.17. The van der Waals surface area contributed by atoms with Crippen LogP contribution in [0.4, 0.5) is 30.4 Å². The van der Waals surface area contributed by atoms with Gasteiger partial charge in [0.15, 0.2) is 0 Å². The van der Waals surface area contributed by atoms with Crippen molar-refractivity contribution in [2.45, 2.75) is 32.0 Å². The molecule has 2 N–H and O–H groups in total. The van der Waals surface area contributed by atoms with Crippen LogP contribution < -0.4 is 16.2 Å². The van der Waals surface area contributed by atoms with Crippen LogP contribution in [0.5, 0.6) is 0 Å². The number of methoxy groups -OCH3 is 1. The number of pyridine rings is 1. The Morgan fingerprint density at radius 2 is 2.00 bits per heavy atom. The maximum atomic E-state index is 13.2. The van der Waals surface area contributed by atoms with E-state index in [1.165, 1.54) is 30.9 Å². The molecule has 1 aliphatic rings. The molecule has 174 valence electrons. The number of ether oxygens (including phenoxy) is 1. The summed E-state index contributed by atoms with van der Waals surface area (Å²) >= 11 is 1.10. The Hall–Kier alpha value is -3.48. The van der Waals surface area contributed by atoms with Gasteiger partial charge < -0.3 is 15.4 Å². The molecular weight excluding hydrogens is 463 g/mol. The van der Waals surface area contributed by atoms with Gasteiger partial charge in [0.05, 0.1) is 34.8 Å². The van der Waals surface area contributed by atoms with Gasteiger partial charge in [0.2, 0.25) is 5.91 Å². The minimum atomic E-state index is -4.66. The summed E-state index contributed by atoms with van der Waals surface area (Å²) in [5, 5.41) is 10.7. The molecule has 4 rings (SSSR count). The average Bonchev–Trinajstić information content (AvgIpc) is 3.54. The molecule has 1 aliphatic carbocycles. The van der Waals surface area contributed by atoms with Gasteiger partial charge in [0, 0.05) is 23.6 Å². The highest BCUT2D eigenvalue weighted by Crippen LogP contribution is 2.34. The molecule has 33 heavy (non-hydrogen) atoms. The van der Waals surface area contributed by atoms with Crippen molar-refractivity contribution in [3.63, 3.8) is 0 Å². The van der Waals surface area contributed by atoms with Gasteiger partial charge in [-0.3, -0.25) is 9.59 Å². The lowest BCUT2D eigenvalue weighted by atomic mass is 10.2. The monoisotopic (exact) mass is 481 g/mol. The van der Waals surface area contributed by atoms with Crippen molar-refractivity contribution in [1.29, 1.82) is 0 Å². The Labute approximate surface area is 188 Å². The van der Waals surface area contributed by atoms with E-state index >= 15 is 0 Å². The molecular formula is C20H18F3N5O4S. The predicted octanol–water partition coefficient (Wildman–Crippen LogP) is 3.86. The number of hydrogen-bond acceptors (Lipinski definition) is 8. The maximum absolute atomic E-state index is 13.2. The third-order valence-electron chi connectivity index (χ3n) is 5.16. The average molecular weight is 481 g/mol. The van der Waals surface area contributed by atoms with E-state index in [2.05, 4.69) is 20.7 Å². The maximum Gasteiger partial charge on any atom is 0.410 e. The fraction of sp³-hybridized carbons (Fsp3) is 0.350. The lowest BCUT2D eigenvalue weighted by Gasteiger charge is -2.17. The van der Waals surface area contributed by atoms with Crippen LogP contribution in [0, 0.1) is 5.92 Å². The van der Waals surface area contributed by atoms with Crippen LogP contribution >= 0.6 is 11.3 Å². The zero-order chi connectivity index (χ0) is 23.9. The quantitative estimate of drug-likeness (QED) is 0.514. The second-order valence-electron chi connectivity index (χ2n) is 7.50. The number of amides is 1. The molecule has 0 bridgehead atoms. The summed E-state index contributed by atoms with van der Waals surface area (Å²) in [4.78, 5) is 41.2. The van der Waals surface area contributed by atoms with Crippen LogP contribution in [0.1, 0.15) is 36.2 Å². The Bertz CT molecular complexity index is 1300. The molecule has 9 nitrogen and oxygen atoms in total. The molecule has 13 heteroatoms. The molecule has 0 aromatic carbocycles. The van der Waals surface area contributed by atoms with Crippen LogP contribution in [-0.4, -0.2) is 39.9 Å². The van der Waals surface area contributed by atoms with Gasteiger partial charge in [-0.1, -0.05) is 0 Å². The van der Waals surface area contributed by atoms with E-state index in [0.717, 1.165) is 31.1 Å². The van der Waals surface area contributed by atoms with E-state index in [4.69, 9.17) is 4.74 Å². The third-order valence-corrected chi connectivity index (χ3v) is 6.08. The fourth-order valence-corrected chi connectivity index (χ4v) is 3.94. The largest absolute Gasteiger partial charge is 0.465 e. The summed E-state index contributed by atoms with van der Waals surface area (Å²) in [6, 6.07) is -0.730. The number of fused-ring (bicyclic) bond motifs is 1. The molecule has 3 aromatic rings. The first-order valence-electron chi connectivity index (χ1n) is 9.82. The van der Waals surface area contributed by atoms with E-state index in [1.807, 2.05) is 0 Å². The number of halogens is 3. The number of esters is 1. The number of carbonyl (C=O) groups excluding carboxylic acids is 2. The highest BCUT2D eigenvalue weighted by Gasteiger charge is 2.39. The van der Waals surface area contributed by atoms with Crippen molar-refractivity contribution in [3.8, 4) is 0 Å². The van der Waals surface area contributed by atoms with Crippen LogP contribution in [0.25, 0.3) is 10.1 Å². The molecule has 0 aliphatic heterocycles. The van der Waals surface area contributed by atoms with Crippen LogP contribution in [0.2, 0.25) is 0 Å². The molecule has 1 amide bonds. The topological polar surface area (TPSA) is 115 Å². The number of anilines is 3. The normalized spacial score (nSPS) is 14.7. The summed E-state index contributed by atoms with van der Waals surface area (Å²) < 4.78 is 45.0. The lowest BCUT2D eigenvalue weighted by molar-refractivity contribution is -0.166. The zero-order valence-corrected chi connectivity index (χ0v) is 18.2. The number of nitrogens with zero attached hydrogens (tertiary/aromatic N) is 3. The zero-order valence-electron chi connectivity index (χ0n) is 17.4. The number of carbonyl (C=O) groups is 2. The molecule has 0 saturated heterocycles.